The third-order valence-electron chi connectivity index (χ3n) is 7.31. The van der Waals surface area contributed by atoms with Gasteiger partial charge < -0.3 is 24.8 Å². The Kier molecular flexibility index (Phi) is 8.11. The highest BCUT2D eigenvalue weighted by atomic mass is 32.2. The number of piperidine rings is 1. The van der Waals surface area contributed by atoms with Crippen molar-refractivity contribution in [1.29, 1.82) is 0 Å². The van der Waals surface area contributed by atoms with Gasteiger partial charge in [-0.05, 0) is 43.8 Å². The zero-order valence-corrected chi connectivity index (χ0v) is 24.7. The van der Waals surface area contributed by atoms with Gasteiger partial charge in [-0.15, -0.1) is 10.2 Å². The fourth-order valence-electron chi connectivity index (χ4n) is 5.30. The van der Waals surface area contributed by atoms with Crippen molar-refractivity contribution in [3.8, 4) is 16.5 Å². The number of nitrogens with two attached hydrogens (primary N) is 1. The number of benzene rings is 2. The molecule has 2 N–H and O–H groups in total. The highest BCUT2D eigenvalue weighted by molar-refractivity contribution is 7.90. The van der Waals surface area contributed by atoms with E-state index in [4.69, 9.17) is 10.5 Å². The van der Waals surface area contributed by atoms with E-state index in [-0.39, 0.29) is 34.4 Å². The molecule has 0 radical (unpaired) electrons. The summed E-state index contributed by atoms with van der Waals surface area (Å²) in [5.74, 6) is 0.245. The number of sulfone groups is 1. The molecule has 0 unspecified atom stereocenters. The number of alkyl halides is 4. The molecule has 1 saturated heterocycles. The van der Waals surface area contributed by atoms with Crippen LogP contribution < -0.4 is 15.4 Å². The van der Waals surface area contributed by atoms with Crippen molar-refractivity contribution in [2.45, 2.75) is 42.8 Å². The largest absolute Gasteiger partial charge is 0.495 e. The average molecular weight is 627 g/mol. The molecule has 0 aliphatic carbocycles. The number of rotatable bonds is 8. The Labute approximate surface area is 244 Å². The maximum Gasteiger partial charge on any atom is 0.406 e. The lowest BCUT2D eigenvalue weighted by molar-refractivity contribution is -0.139. The van der Waals surface area contributed by atoms with Crippen LogP contribution in [0.3, 0.4) is 0 Å². The molecule has 9 nitrogen and oxygen atoms in total. The minimum Gasteiger partial charge on any atom is -0.495 e. The molecule has 15 heteroatoms. The molecule has 0 spiro atoms. The van der Waals surface area contributed by atoms with Crippen LogP contribution in [0.1, 0.15) is 11.4 Å². The summed E-state index contributed by atoms with van der Waals surface area (Å²) < 4.78 is 87.2. The summed E-state index contributed by atoms with van der Waals surface area (Å²) in [5, 5.41) is 9.64. The molecule has 3 heterocycles. The van der Waals surface area contributed by atoms with Crippen LogP contribution in [0.4, 0.5) is 28.9 Å². The molecule has 0 amide bonds. The molecule has 2 aromatic carbocycles. The number of halogens is 4. The van der Waals surface area contributed by atoms with E-state index < -0.39 is 34.8 Å². The second-order valence-corrected chi connectivity index (χ2v) is 13.5. The number of methoxy groups -OCH3 is 1. The van der Waals surface area contributed by atoms with Crippen LogP contribution in [0, 0.1) is 0 Å². The monoisotopic (exact) mass is 626 g/mol. The summed E-state index contributed by atoms with van der Waals surface area (Å²) in [7, 11) is -0.296. The summed E-state index contributed by atoms with van der Waals surface area (Å²) in [6.07, 6.45) is -4.18. The molecule has 2 atom stereocenters. The summed E-state index contributed by atoms with van der Waals surface area (Å²) >= 11 is 1.09. The van der Waals surface area contributed by atoms with Crippen LogP contribution in [0.25, 0.3) is 21.6 Å². The molecule has 2 aromatic heterocycles. The van der Waals surface area contributed by atoms with E-state index in [2.05, 4.69) is 10.2 Å². The first kappa shape index (κ1) is 30.0. The number of aromatic nitrogens is 3. The Morgan fingerprint density at radius 3 is 2.62 bits per heavy atom. The Bertz CT molecular complexity index is 1710. The second-order valence-electron chi connectivity index (χ2n) is 10.4. The third-order valence-corrected chi connectivity index (χ3v) is 9.35. The normalized spacial score (nSPS) is 18.5. The SMILES string of the molecule is COc1cc(S(C)(=O)=O)ccc1N(Cc1nnc(-c2cc3c(N)cccc3n2CC(F)(F)F)s1)[C@@H]1CCN(C)C[C@@H]1F. The predicted molar refractivity (Wildman–Crippen MR) is 154 cm³/mol. The van der Waals surface area contributed by atoms with Gasteiger partial charge in [0.1, 0.15) is 23.5 Å². The smallest absolute Gasteiger partial charge is 0.406 e. The number of fused-ring (bicyclic) bond motifs is 1. The van der Waals surface area contributed by atoms with Gasteiger partial charge in [0.2, 0.25) is 0 Å². The van der Waals surface area contributed by atoms with Gasteiger partial charge in [0.15, 0.2) is 14.8 Å². The quantitative estimate of drug-likeness (QED) is 0.220. The summed E-state index contributed by atoms with van der Waals surface area (Å²) in [6, 6.07) is 10.2. The van der Waals surface area contributed by atoms with Gasteiger partial charge >= 0.3 is 6.18 Å². The number of anilines is 2. The third kappa shape index (κ3) is 6.17. The first-order chi connectivity index (χ1) is 19.7. The Morgan fingerprint density at radius 2 is 1.95 bits per heavy atom. The van der Waals surface area contributed by atoms with Crippen LogP contribution in [-0.2, 0) is 22.9 Å². The van der Waals surface area contributed by atoms with E-state index >= 15 is 4.39 Å². The summed E-state index contributed by atoms with van der Waals surface area (Å²) in [5.41, 5.74) is 7.41. The molecule has 1 aliphatic rings. The second kappa shape index (κ2) is 11.3. The maximum absolute atomic E-state index is 15.5. The molecule has 0 saturated carbocycles. The number of likely N-dealkylation sites (tertiary alicyclic amines) is 1. The van der Waals surface area contributed by atoms with Gasteiger partial charge in [-0.25, -0.2) is 12.8 Å². The zero-order valence-electron chi connectivity index (χ0n) is 23.1. The topological polar surface area (TPSA) is 107 Å². The molecule has 226 valence electrons. The van der Waals surface area contributed by atoms with Crippen molar-refractivity contribution in [3.05, 3.63) is 47.5 Å². The van der Waals surface area contributed by atoms with Gasteiger partial charge in [-0.3, -0.25) is 0 Å². The van der Waals surface area contributed by atoms with Gasteiger partial charge in [-0.1, -0.05) is 17.4 Å². The summed E-state index contributed by atoms with van der Waals surface area (Å²) in [4.78, 5) is 3.71. The van der Waals surface area contributed by atoms with Crippen LogP contribution in [0.15, 0.2) is 47.4 Å². The summed E-state index contributed by atoms with van der Waals surface area (Å²) in [6.45, 7) is -0.334. The van der Waals surface area contributed by atoms with Crippen molar-refractivity contribution >= 4 is 43.5 Å². The van der Waals surface area contributed by atoms with E-state index in [9.17, 15) is 21.6 Å². The van der Waals surface area contributed by atoms with Crippen molar-refractivity contribution in [1.82, 2.24) is 19.7 Å². The van der Waals surface area contributed by atoms with E-state index in [1.54, 1.807) is 35.2 Å². The van der Waals surface area contributed by atoms with Gasteiger partial charge in [0, 0.05) is 36.5 Å². The fourth-order valence-corrected chi connectivity index (χ4v) is 6.80. The number of ether oxygens (including phenoxy) is 1. The predicted octanol–water partition coefficient (Wildman–Crippen LogP) is 4.77. The minimum atomic E-state index is -4.49. The number of nitrogens with zero attached hydrogens (tertiary/aromatic N) is 5. The van der Waals surface area contributed by atoms with Crippen molar-refractivity contribution < 1.29 is 30.7 Å². The van der Waals surface area contributed by atoms with Crippen molar-refractivity contribution in [3.63, 3.8) is 0 Å². The van der Waals surface area contributed by atoms with Gasteiger partial charge in [0.25, 0.3) is 0 Å². The average Bonchev–Trinajstić information content (AvgIpc) is 3.51. The number of hydrogen-bond donors (Lipinski definition) is 1. The van der Waals surface area contributed by atoms with Crippen molar-refractivity contribution in [2.24, 2.45) is 0 Å². The Morgan fingerprint density at radius 1 is 1.19 bits per heavy atom. The minimum absolute atomic E-state index is 0.0539. The van der Waals surface area contributed by atoms with Crippen LogP contribution in [-0.4, -0.2) is 80.0 Å². The van der Waals surface area contributed by atoms with Crippen molar-refractivity contribution in [2.75, 3.05) is 44.1 Å². The van der Waals surface area contributed by atoms with E-state index in [0.717, 1.165) is 22.2 Å². The molecular formula is C27H30F4N6O3S2. The highest BCUT2D eigenvalue weighted by Gasteiger charge is 2.35. The lowest BCUT2D eigenvalue weighted by Gasteiger charge is -2.40. The maximum atomic E-state index is 15.5. The van der Waals surface area contributed by atoms with Gasteiger partial charge in [0.05, 0.1) is 41.5 Å². The van der Waals surface area contributed by atoms with E-state index in [1.807, 2.05) is 11.9 Å². The van der Waals surface area contributed by atoms with E-state index in [1.165, 1.54) is 19.2 Å². The molecule has 1 fully saturated rings. The lowest BCUT2D eigenvalue weighted by Crippen LogP contribution is -2.51. The van der Waals surface area contributed by atoms with Crippen LogP contribution in [0.2, 0.25) is 0 Å². The molecule has 0 bridgehead atoms. The lowest BCUT2D eigenvalue weighted by atomic mass is 10.0. The molecular weight excluding hydrogens is 596 g/mol. The molecule has 5 rings (SSSR count). The fraction of sp³-hybridized carbons (Fsp3) is 0.407. The Hall–Kier alpha value is -3.43. The van der Waals surface area contributed by atoms with Crippen LogP contribution in [0.5, 0.6) is 5.75 Å². The van der Waals surface area contributed by atoms with Crippen LogP contribution >= 0.6 is 11.3 Å². The molecule has 42 heavy (non-hydrogen) atoms. The molecule has 1 aliphatic heterocycles. The van der Waals surface area contributed by atoms with Gasteiger partial charge in [-0.2, -0.15) is 13.2 Å². The highest BCUT2D eigenvalue weighted by Crippen LogP contribution is 2.38. The number of hydrogen-bond acceptors (Lipinski definition) is 9. The Balaban J connectivity index is 1.56. The first-order valence-corrected chi connectivity index (χ1v) is 15.7. The molecule has 4 aromatic rings. The van der Waals surface area contributed by atoms with E-state index in [0.29, 0.717) is 40.3 Å². The first-order valence-electron chi connectivity index (χ1n) is 13.0. The number of nitrogen functional groups attached to an aromatic ring is 1. The standard InChI is InChI=1S/C27H30F4N6O3S2/c1-35-10-9-21(18(28)13-35)36(22-8-7-16(42(3,38)39)11-24(22)40-2)14-25-33-34-26(41-25)23-12-17-19(32)5-4-6-20(17)37(23)15-27(29,30)31/h4-8,11-12,18,21H,9-10,13-15,32H2,1-3H3/t18-,21+/m0/s1. The zero-order chi connectivity index (χ0) is 30.4.